The molecule has 0 saturated carbocycles. The third-order valence-corrected chi connectivity index (χ3v) is 6.50. The van der Waals surface area contributed by atoms with E-state index in [-0.39, 0.29) is 11.5 Å². The molecule has 110 valence electrons. The first-order valence-corrected chi connectivity index (χ1v) is 8.16. The number of hydrogen-bond donors (Lipinski definition) is 2. The molecule has 0 aromatic heterocycles. The Morgan fingerprint density at radius 1 is 1.38 bits per heavy atom. The maximum atomic E-state index is 10.5. The van der Waals surface area contributed by atoms with Gasteiger partial charge in [-0.25, -0.2) is 0 Å². The minimum Gasteiger partial charge on any atom is -0.485 e. The molecule has 3 nitrogen and oxygen atoms in total. The van der Waals surface area contributed by atoms with E-state index in [2.05, 4.69) is 36.7 Å². The van der Waals surface area contributed by atoms with Crippen molar-refractivity contribution in [2.45, 2.75) is 41.4 Å². The summed E-state index contributed by atoms with van der Waals surface area (Å²) in [6.07, 6.45) is 5.63. The van der Waals surface area contributed by atoms with E-state index in [0.29, 0.717) is 12.0 Å². The lowest BCUT2D eigenvalue weighted by molar-refractivity contribution is -0.0454. The molecule has 1 aromatic rings. The van der Waals surface area contributed by atoms with Crippen LogP contribution in [0.3, 0.4) is 0 Å². The minimum atomic E-state index is -0.517. The Hall–Kier alpha value is -0.970. The van der Waals surface area contributed by atoms with Crippen LogP contribution in [0.4, 0.5) is 0 Å². The lowest BCUT2D eigenvalue weighted by atomic mass is 9.53. The Kier molecular flexibility index (Phi) is 2.31. The Morgan fingerprint density at radius 3 is 3.10 bits per heavy atom. The number of aliphatic hydroxyl groups excluding tert-OH is 1. The maximum Gasteiger partial charge on any atom is 0.139 e. The second kappa shape index (κ2) is 3.86. The van der Waals surface area contributed by atoms with Crippen LogP contribution in [0.15, 0.2) is 29.2 Å². The Labute approximate surface area is 130 Å². The largest absolute Gasteiger partial charge is 0.485 e. The van der Waals surface area contributed by atoms with E-state index >= 15 is 0 Å². The molecule has 1 fully saturated rings. The molecule has 1 saturated heterocycles. The van der Waals surface area contributed by atoms with Crippen molar-refractivity contribution >= 4 is 12.6 Å². The Balaban J connectivity index is 1.84. The first-order chi connectivity index (χ1) is 10.1. The van der Waals surface area contributed by atoms with Crippen molar-refractivity contribution in [3.8, 4) is 5.75 Å². The van der Waals surface area contributed by atoms with Gasteiger partial charge in [0, 0.05) is 27.8 Å². The summed E-state index contributed by atoms with van der Waals surface area (Å²) in [6.45, 7) is 1.07. The minimum absolute atomic E-state index is 0.0486. The Bertz CT molecular complexity index is 673. The van der Waals surface area contributed by atoms with Crippen LogP contribution in [0, 0.1) is 5.92 Å². The molecule has 1 spiro atoms. The SMILES string of the molecule is CN1CC[C@]23c4c5ccc(S)c4O[C@H]2[C@@H](O)C=C[C@H]3[C@H]1C5. The predicted octanol–water partition coefficient (Wildman–Crippen LogP) is 1.78. The van der Waals surface area contributed by atoms with Gasteiger partial charge in [0.1, 0.15) is 18.0 Å². The zero-order valence-electron chi connectivity index (χ0n) is 12.0. The highest BCUT2D eigenvalue weighted by molar-refractivity contribution is 7.80. The smallest absolute Gasteiger partial charge is 0.139 e. The van der Waals surface area contributed by atoms with Crippen molar-refractivity contribution in [3.63, 3.8) is 0 Å². The van der Waals surface area contributed by atoms with E-state index in [0.717, 1.165) is 30.0 Å². The van der Waals surface area contributed by atoms with Gasteiger partial charge >= 0.3 is 0 Å². The van der Waals surface area contributed by atoms with Crippen LogP contribution in [0.25, 0.3) is 0 Å². The summed E-state index contributed by atoms with van der Waals surface area (Å²) in [5, 5.41) is 10.5. The normalized spacial score (nSPS) is 42.6. The van der Waals surface area contributed by atoms with E-state index in [1.165, 1.54) is 11.1 Å². The molecule has 0 unspecified atom stereocenters. The van der Waals surface area contributed by atoms with Crippen molar-refractivity contribution in [3.05, 3.63) is 35.4 Å². The highest BCUT2D eigenvalue weighted by Gasteiger charge is 2.63. The van der Waals surface area contributed by atoms with E-state index in [9.17, 15) is 5.11 Å². The fourth-order valence-corrected chi connectivity index (χ4v) is 5.48. The van der Waals surface area contributed by atoms with Crippen LogP contribution in [-0.4, -0.2) is 41.8 Å². The number of benzene rings is 1. The highest BCUT2D eigenvalue weighted by atomic mass is 32.1. The molecule has 1 N–H and O–H groups in total. The first-order valence-electron chi connectivity index (χ1n) is 7.71. The third-order valence-electron chi connectivity index (χ3n) is 6.15. The molecule has 2 heterocycles. The fourth-order valence-electron chi connectivity index (χ4n) is 5.24. The number of ether oxygens (including phenoxy) is 1. The molecule has 21 heavy (non-hydrogen) atoms. The van der Waals surface area contributed by atoms with Crippen molar-refractivity contribution in [2.24, 2.45) is 5.92 Å². The lowest BCUT2D eigenvalue weighted by Crippen LogP contribution is -2.64. The van der Waals surface area contributed by atoms with E-state index < -0.39 is 6.10 Å². The van der Waals surface area contributed by atoms with Crippen LogP contribution >= 0.6 is 12.6 Å². The summed E-state index contributed by atoms with van der Waals surface area (Å²) in [5.41, 5.74) is 2.69. The van der Waals surface area contributed by atoms with Gasteiger partial charge < -0.3 is 14.7 Å². The predicted molar refractivity (Wildman–Crippen MR) is 83.2 cm³/mol. The van der Waals surface area contributed by atoms with E-state index in [1.807, 2.05) is 12.1 Å². The van der Waals surface area contributed by atoms with Crippen molar-refractivity contribution in [1.29, 1.82) is 0 Å². The molecule has 0 amide bonds. The number of likely N-dealkylation sites (N-methyl/N-ethyl adjacent to an activating group) is 1. The summed E-state index contributed by atoms with van der Waals surface area (Å²) >= 11 is 4.59. The van der Waals surface area contributed by atoms with Gasteiger partial charge in [-0.2, -0.15) is 0 Å². The molecule has 0 radical (unpaired) electrons. The number of piperidine rings is 1. The van der Waals surface area contributed by atoms with E-state index in [1.54, 1.807) is 0 Å². The van der Waals surface area contributed by atoms with Gasteiger partial charge in [0.15, 0.2) is 0 Å². The molecule has 4 aliphatic rings. The zero-order chi connectivity index (χ0) is 14.4. The number of aliphatic hydroxyl groups is 1. The summed E-state index contributed by atoms with van der Waals surface area (Å²) in [7, 11) is 2.22. The number of rotatable bonds is 0. The first kappa shape index (κ1) is 12.6. The van der Waals surface area contributed by atoms with Crippen molar-refractivity contribution in [1.82, 2.24) is 4.90 Å². The molecule has 1 aromatic carbocycles. The van der Waals surface area contributed by atoms with Crippen LogP contribution in [0.1, 0.15) is 17.5 Å². The molecule has 5 atom stereocenters. The van der Waals surface area contributed by atoms with Gasteiger partial charge in [-0.05, 0) is 38.1 Å². The molecule has 2 bridgehead atoms. The average Bonchev–Trinajstić information content (AvgIpc) is 2.83. The van der Waals surface area contributed by atoms with Crippen molar-refractivity contribution < 1.29 is 9.84 Å². The van der Waals surface area contributed by atoms with Gasteiger partial charge in [-0.15, -0.1) is 12.6 Å². The molecule has 5 rings (SSSR count). The van der Waals surface area contributed by atoms with Crippen LogP contribution < -0.4 is 4.74 Å². The van der Waals surface area contributed by atoms with Gasteiger partial charge in [-0.1, -0.05) is 18.2 Å². The Morgan fingerprint density at radius 2 is 2.24 bits per heavy atom. The maximum absolute atomic E-state index is 10.5. The van der Waals surface area contributed by atoms with E-state index in [4.69, 9.17) is 4.74 Å². The third kappa shape index (κ3) is 1.31. The summed E-state index contributed by atoms with van der Waals surface area (Å²) < 4.78 is 6.26. The summed E-state index contributed by atoms with van der Waals surface area (Å²) in [5.74, 6) is 1.37. The van der Waals surface area contributed by atoms with Gasteiger partial charge in [-0.3, -0.25) is 0 Å². The second-order valence-corrected chi connectivity index (χ2v) is 7.41. The fraction of sp³-hybridized carbons (Fsp3) is 0.529. The topological polar surface area (TPSA) is 32.7 Å². The number of thiol groups is 1. The summed E-state index contributed by atoms with van der Waals surface area (Å²) in [4.78, 5) is 3.38. The quantitative estimate of drug-likeness (QED) is 0.566. The van der Waals surface area contributed by atoms with Crippen LogP contribution in [0.5, 0.6) is 5.75 Å². The number of hydrogen-bond acceptors (Lipinski definition) is 4. The number of nitrogens with zero attached hydrogens (tertiary/aromatic N) is 1. The molecular formula is C17H19NO2S. The van der Waals surface area contributed by atoms with Gasteiger partial charge in [0.2, 0.25) is 0 Å². The van der Waals surface area contributed by atoms with Crippen molar-refractivity contribution in [2.75, 3.05) is 13.6 Å². The monoisotopic (exact) mass is 301 g/mol. The molecular weight excluding hydrogens is 282 g/mol. The highest BCUT2D eigenvalue weighted by Crippen LogP contribution is 2.61. The zero-order valence-corrected chi connectivity index (χ0v) is 12.9. The van der Waals surface area contributed by atoms with Gasteiger partial charge in [0.05, 0.1) is 0 Å². The summed E-state index contributed by atoms with van der Waals surface area (Å²) in [6, 6.07) is 4.76. The van der Waals surface area contributed by atoms with Crippen LogP contribution in [-0.2, 0) is 11.8 Å². The average molecular weight is 301 g/mol. The molecule has 4 heteroatoms. The van der Waals surface area contributed by atoms with Gasteiger partial charge in [0.25, 0.3) is 0 Å². The standard InChI is InChI=1S/C17H19NO2S/c1-18-7-6-17-10-3-4-12(19)16(17)20-15-13(21)5-2-9(14(15)17)8-11(10)18/h2-5,10-12,16,19,21H,6-8H2,1H3/t10-,11+,12-,16-,17-/m0/s1. The molecule has 2 aliphatic carbocycles. The lowest BCUT2D eigenvalue weighted by Gasteiger charge is -2.56. The molecule has 2 aliphatic heterocycles. The second-order valence-electron chi connectivity index (χ2n) is 6.93. The number of likely N-dealkylation sites (tertiary alicyclic amines) is 1. The van der Waals surface area contributed by atoms with Crippen LogP contribution in [0.2, 0.25) is 0 Å².